The van der Waals surface area contributed by atoms with Gasteiger partial charge in [-0.15, -0.1) is 12.4 Å². The van der Waals surface area contributed by atoms with Crippen molar-refractivity contribution in [1.82, 2.24) is 4.31 Å². The fourth-order valence-electron chi connectivity index (χ4n) is 2.44. The van der Waals surface area contributed by atoms with Crippen LogP contribution in [0.5, 0.6) is 0 Å². The molecule has 10 heteroatoms. The van der Waals surface area contributed by atoms with Gasteiger partial charge in [0.2, 0.25) is 10.0 Å². The Balaban J connectivity index is 0.00000242. The molecule has 0 aromatic heterocycles. The monoisotopic (exact) mass is 362 g/mol. The Hall–Kier alpha value is -0.900. The maximum Gasteiger partial charge on any atom is 0.417 e. The van der Waals surface area contributed by atoms with E-state index in [0.29, 0.717) is 25.0 Å². The number of alkyl halides is 3. The second-order valence-electron chi connectivity index (χ2n) is 4.79. The molecule has 1 aliphatic heterocycles. The Kier molecular flexibility index (Phi) is 5.82. The summed E-state index contributed by atoms with van der Waals surface area (Å²) < 4.78 is 77.7. The summed E-state index contributed by atoms with van der Waals surface area (Å²) in [5, 5.41) is 0. The molecule has 0 amide bonds. The Labute approximate surface area is 131 Å². The largest absolute Gasteiger partial charge is 0.417 e. The van der Waals surface area contributed by atoms with Crippen LogP contribution in [0, 0.1) is 5.82 Å². The van der Waals surface area contributed by atoms with Crippen molar-refractivity contribution in [2.75, 3.05) is 13.1 Å². The molecule has 1 saturated heterocycles. The van der Waals surface area contributed by atoms with Gasteiger partial charge < -0.3 is 5.73 Å². The summed E-state index contributed by atoms with van der Waals surface area (Å²) in [6.45, 7) is 0.140. The summed E-state index contributed by atoms with van der Waals surface area (Å²) in [7, 11) is -4.36. The van der Waals surface area contributed by atoms with Crippen molar-refractivity contribution < 1.29 is 26.0 Å². The van der Waals surface area contributed by atoms with Gasteiger partial charge >= 0.3 is 6.18 Å². The van der Waals surface area contributed by atoms with E-state index in [0.717, 1.165) is 4.31 Å². The Morgan fingerprint density at radius 2 is 1.95 bits per heavy atom. The first-order valence-electron chi connectivity index (χ1n) is 6.26. The van der Waals surface area contributed by atoms with Crippen LogP contribution in [0.15, 0.2) is 23.1 Å². The maximum absolute atomic E-state index is 13.1. The van der Waals surface area contributed by atoms with E-state index in [9.17, 15) is 26.0 Å². The van der Waals surface area contributed by atoms with Crippen LogP contribution in [0.4, 0.5) is 17.6 Å². The van der Waals surface area contributed by atoms with Gasteiger partial charge in [0.1, 0.15) is 5.82 Å². The van der Waals surface area contributed by atoms with Gasteiger partial charge in [0.05, 0.1) is 10.5 Å². The van der Waals surface area contributed by atoms with Gasteiger partial charge in [-0.1, -0.05) is 0 Å². The van der Waals surface area contributed by atoms with Gasteiger partial charge in [0.25, 0.3) is 0 Å². The summed E-state index contributed by atoms with van der Waals surface area (Å²) in [6.07, 6.45) is -3.93. The molecule has 0 spiro atoms. The maximum atomic E-state index is 13.1. The molecule has 1 aromatic carbocycles. The second kappa shape index (κ2) is 6.69. The highest BCUT2D eigenvalue weighted by Crippen LogP contribution is 2.37. The molecule has 1 atom stereocenters. The zero-order chi connectivity index (χ0) is 15.8. The van der Waals surface area contributed by atoms with E-state index in [1.807, 2.05) is 0 Å². The van der Waals surface area contributed by atoms with E-state index in [1.54, 1.807) is 0 Å². The van der Waals surface area contributed by atoms with Crippen molar-refractivity contribution in [2.24, 2.45) is 5.73 Å². The average Bonchev–Trinajstić information content (AvgIpc) is 2.86. The van der Waals surface area contributed by atoms with E-state index in [1.165, 1.54) is 0 Å². The van der Waals surface area contributed by atoms with Crippen LogP contribution in [0.2, 0.25) is 0 Å². The van der Waals surface area contributed by atoms with Crippen molar-refractivity contribution >= 4 is 22.4 Å². The third kappa shape index (κ3) is 3.53. The number of nitrogens with two attached hydrogens (primary N) is 1. The highest BCUT2D eigenvalue weighted by molar-refractivity contribution is 7.89. The van der Waals surface area contributed by atoms with Crippen LogP contribution in [-0.4, -0.2) is 31.9 Å². The molecule has 1 heterocycles. The van der Waals surface area contributed by atoms with Crippen LogP contribution in [-0.2, 0) is 16.2 Å². The van der Waals surface area contributed by atoms with Crippen LogP contribution < -0.4 is 5.73 Å². The van der Waals surface area contributed by atoms with E-state index in [4.69, 9.17) is 5.73 Å². The summed E-state index contributed by atoms with van der Waals surface area (Å²) in [6, 6.07) is 1.02. The number of sulfonamides is 1. The fraction of sp³-hybridized carbons (Fsp3) is 0.500. The molecule has 1 unspecified atom stereocenters. The standard InChI is InChI=1S/C12H14F4N2O2S.ClH/c13-8-3-4-11(10(6-8)12(14,15)16)21(19,20)18-5-1-2-9(18)7-17;/h3-4,6,9H,1-2,5,7,17H2;1H. The molecular formula is C12H15ClF4N2O2S. The topological polar surface area (TPSA) is 63.4 Å². The predicted molar refractivity (Wildman–Crippen MR) is 74.6 cm³/mol. The third-order valence-electron chi connectivity index (χ3n) is 3.43. The lowest BCUT2D eigenvalue weighted by atomic mass is 10.2. The summed E-state index contributed by atoms with van der Waals surface area (Å²) in [5.41, 5.74) is 3.96. The summed E-state index contributed by atoms with van der Waals surface area (Å²) in [4.78, 5) is -0.934. The minimum atomic E-state index is -4.96. The van der Waals surface area contributed by atoms with Gasteiger partial charge in [-0.2, -0.15) is 17.5 Å². The number of hydrogen-bond donors (Lipinski definition) is 1. The number of hydrogen-bond acceptors (Lipinski definition) is 3. The molecule has 1 aromatic rings. The smallest absolute Gasteiger partial charge is 0.329 e. The third-order valence-corrected chi connectivity index (χ3v) is 5.44. The highest BCUT2D eigenvalue weighted by atomic mass is 35.5. The van der Waals surface area contributed by atoms with Gasteiger partial charge in [-0.25, -0.2) is 12.8 Å². The minimum Gasteiger partial charge on any atom is -0.329 e. The number of halogens is 5. The molecule has 0 bridgehead atoms. The van der Waals surface area contributed by atoms with Gasteiger partial charge in [-0.05, 0) is 31.0 Å². The zero-order valence-corrected chi connectivity index (χ0v) is 12.9. The van der Waals surface area contributed by atoms with Gasteiger partial charge in [-0.3, -0.25) is 0 Å². The van der Waals surface area contributed by atoms with E-state index >= 15 is 0 Å². The van der Waals surface area contributed by atoms with Gasteiger partial charge in [0.15, 0.2) is 0 Å². The zero-order valence-electron chi connectivity index (χ0n) is 11.3. The lowest BCUT2D eigenvalue weighted by Crippen LogP contribution is -2.40. The molecule has 22 heavy (non-hydrogen) atoms. The number of nitrogens with zero attached hydrogens (tertiary/aromatic N) is 1. The highest BCUT2D eigenvalue weighted by Gasteiger charge is 2.42. The number of benzene rings is 1. The number of rotatable bonds is 3. The van der Waals surface area contributed by atoms with Crippen molar-refractivity contribution in [2.45, 2.75) is 30.0 Å². The quantitative estimate of drug-likeness (QED) is 0.840. The van der Waals surface area contributed by atoms with E-state index < -0.39 is 38.5 Å². The predicted octanol–water partition coefficient (Wildman–Crippen LogP) is 2.38. The first-order valence-corrected chi connectivity index (χ1v) is 7.70. The first-order chi connectivity index (χ1) is 9.67. The molecular weight excluding hydrogens is 348 g/mol. The molecule has 1 fully saturated rings. The lowest BCUT2D eigenvalue weighted by molar-refractivity contribution is -0.140. The summed E-state index contributed by atoms with van der Waals surface area (Å²) >= 11 is 0. The van der Waals surface area contributed by atoms with Crippen LogP contribution >= 0.6 is 12.4 Å². The minimum absolute atomic E-state index is 0. The molecule has 2 rings (SSSR count). The van der Waals surface area contributed by atoms with E-state index in [2.05, 4.69) is 0 Å². The molecule has 0 saturated carbocycles. The Morgan fingerprint density at radius 1 is 1.32 bits per heavy atom. The molecule has 126 valence electrons. The van der Waals surface area contributed by atoms with Crippen molar-refractivity contribution in [3.8, 4) is 0 Å². The molecule has 0 radical (unpaired) electrons. The molecule has 4 nitrogen and oxygen atoms in total. The van der Waals surface area contributed by atoms with Crippen molar-refractivity contribution in [1.29, 1.82) is 0 Å². The lowest BCUT2D eigenvalue weighted by Gasteiger charge is -2.24. The second-order valence-corrected chi connectivity index (χ2v) is 6.64. The van der Waals surface area contributed by atoms with Crippen LogP contribution in [0.3, 0.4) is 0 Å². The van der Waals surface area contributed by atoms with Crippen LogP contribution in [0.25, 0.3) is 0 Å². The Morgan fingerprint density at radius 3 is 2.50 bits per heavy atom. The fourth-order valence-corrected chi connectivity index (χ4v) is 4.33. The molecule has 2 N–H and O–H groups in total. The van der Waals surface area contributed by atoms with Crippen LogP contribution in [0.1, 0.15) is 18.4 Å². The SMILES string of the molecule is Cl.NCC1CCCN1S(=O)(=O)c1ccc(F)cc1C(F)(F)F. The normalized spacial score (nSPS) is 20.0. The van der Waals surface area contributed by atoms with E-state index in [-0.39, 0.29) is 31.6 Å². The van der Waals surface area contributed by atoms with Crippen molar-refractivity contribution in [3.63, 3.8) is 0 Å². The average molecular weight is 363 g/mol. The molecule has 0 aliphatic carbocycles. The van der Waals surface area contributed by atoms with Gasteiger partial charge in [0, 0.05) is 19.1 Å². The first kappa shape index (κ1) is 19.1. The Bertz CT molecular complexity index is 637. The van der Waals surface area contributed by atoms with Crippen molar-refractivity contribution in [3.05, 3.63) is 29.6 Å². The summed E-state index contributed by atoms with van der Waals surface area (Å²) in [5.74, 6) is -1.14. The molecule has 1 aliphatic rings.